The predicted octanol–water partition coefficient (Wildman–Crippen LogP) is 0.830. The number of aromatic nitrogens is 3. The molecular weight excluding hydrogens is 248 g/mol. The van der Waals surface area contributed by atoms with Crippen molar-refractivity contribution in [3.05, 3.63) is 22.4 Å². The van der Waals surface area contributed by atoms with Crippen LogP contribution in [0.15, 0.2) is 16.7 Å². The second-order valence-electron chi connectivity index (χ2n) is 2.86. The third kappa shape index (κ3) is 1.27. The number of pyridine rings is 1. The number of primary amides is 1. The molecule has 2 heterocycles. The summed E-state index contributed by atoms with van der Waals surface area (Å²) in [6.45, 7) is 0. The van der Waals surface area contributed by atoms with Gasteiger partial charge in [-0.25, -0.2) is 9.67 Å². The predicted molar refractivity (Wildman–Crippen MR) is 54.7 cm³/mol. The van der Waals surface area contributed by atoms with Crippen molar-refractivity contribution in [1.29, 1.82) is 0 Å². The van der Waals surface area contributed by atoms with Crippen molar-refractivity contribution in [2.75, 3.05) is 0 Å². The van der Waals surface area contributed by atoms with Crippen molar-refractivity contribution in [3.8, 4) is 0 Å². The number of nitrogens with zero attached hydrogens (tertiary/aromatic N) is 3. The molecule has 0 radical (unpaired) electrons. The fourth-order valence-electron chi connectivity index (χ4n) is 1.30. The Morgan fingerprint density at radius 1 is 1.64 bits per heavy atom. The first-order valence-corrected chi connectivity index (χ1v) is 4.67. The summed E-state index contributed by atoms with van der Waals surface area (Å²) in [5.41, 5.74) is 6.07. The number of aryl methyl sites for hydroxylation is 1. The molecule has 2 aromatic heterocycles. The van der Waals surface area contributed by atoms with Crippen LogP contribution in [0.4, 0.5) is 0 Å². The average molecular weight is 255 g/mol. The summed E-state index contributed by atoms with van der Waals surface area (Å²) >= 11 is 3.27. The number of hydrogen-bond donors (Lipinski definition) is 1. The minimum absolute atomic E-state index is 0.247. The number of amides is 1. The standard InChI is InChI=1S/C8H7BrN4O/c1-13-8-5(2-4(9)3-11-8)6(12-13)7(10)14/h2-3H,1H3,(H2,10,14). The van der Waals surface area contributed by atoms with Crippen molar-refractivity contribution in [2.24, 2.45) is 12.8 Å². The molecule has 0 aliphatic heterocycles. The van der Waals surface area contributed by atoms with Crippen LogP contribution in [0.5, 0.6) is 0 Å². The molecule has 0 saturated carbocycles. The lowest BCUT2D eigenvalue weighted by molar-refractivity contribution is 0.0996. The number of rotatable bonds is 1. The van der Waals surface area contributed by atoms with Gasteiger partial charge >= 0.3 is 0 Å². The highest BCUT2D eigenvalue weighted by molar-refractivity contribution is 9.10. The van der Waals surface area contributed by atoms with E-state index < -0.39 is 5.91 Å². The molecule has 72 valence electrons. The van der Waals surface area contributed by atoms with Crippen LogP contribution in [0.3, 0.4) is 0 Å². The van der Waals surface area contributed by atoms with Crippen LogP contribution in [0, 0.1) is 0 Å². The molecule has 2 rings (SSSR count). The molecule has 14 heavy (non-hydrogen) atoms. The molecule has 0 aliphatic carbocycles. The zero-order valence-corrected chi connectivity index (χ0v) is 8.95. The Hall–Kier alpha value is -1.43. The number of nitrogens with two attached hydrogens (primary N) is 1. The summed E-state index contributed by atoms with van der Waals surface area (Å²) in [5.74, 6) is -0.546. The van der Waals surface area contributed by atoms with Crippen molar-refractivity contribution in [1.82, 2.24) is 14.8 Å². The van der Waals surface area contributed by atoms with Crippen LogP contribution < -0.4 is 5.73 Å². The second kappa shape index (κ2) is 3.06. The van der Waals surface area contributed by atoms with Gasteiger partial charge < -0.3 is 5.73 Å². The zero-order chi connectivity index (χ0) is 10.3. The molecule has 0 fully saturated rings. The third-order valence-corrected chi connectivity index (χ3v) is 2.31. The molecule has 0 spiro atoms. The van der Waals surface area contributed by atoms with E-state index in [9.17, 15) is 4.79 Å². The van der Waals surface area contributed by atoms with Crippen molar-refractivity contribution >= 4 is 32.9 Å². The molecule has 2 N–H and O–H groups in total. The number of fused-ring (bicyclic) bond motifs is 1. The van der Waals surface area contributed by atoms with E-state index in [-0.39, 0.29) is 5.69 Å². The first kappa shape index (κ1) is 9.14. The minimum atomic E-state index is -0.546. The molecule has 0 unspecified atom stereocenters. The Balaban J connectivity index is 2.85. The molecule has 5 nitrogen and oxygen atoms in total. The topological polar surface area (TPSA) is 73.8 Å². The highest BCUT2D eigenvalue weighted by Crippen LogP contribution is 2.19. The van der Waals surface area contributed by atoms with Gasteiger partial charge in [0, 0.05) is 17.7 Å². The summed E-state index contributed by atoms with van der Waals surface area (Å²) in [4.78, 5) is 15.2. The fraction of sp³-hybridized carbons (Fsp3) is 0.125. The quantitative estimate of drug-likeness (QED) is 0.820. The molecule has 1 amide bonds. The maximum Gasteiger partial charge on any atom is 0.269 e. The molecule has 2 aromatic rings. The smallest absolute Gasteiger partial charge is 0.269 e. The first-order valence-electron chi connectivity index (χ1n) is 3.87. The van der Waals surface area contributed by atoms with Crippen LogP contribution in [0.25, 0.3) is 11.0 Å². The Labute approximate surface area is 88.0 Å². The lowest BCUT2D eigenvalue weighted by Crippen LogP contribution is -2.12. The van der Waals surface area contributed by atoms with Gasteiger partial charge in [-0.3, -0.25) is 4.79 Å². The summed E-state index contributed by atoms with van der Waals surface area (Å²) in [5, 5.41) is 4.65. The van der Waals surface area contributed by atoms with Gasteiger partial charge in [-0.15, -0.1) is 0 Å². The zero-order valence-electron chi connectivity index (χ0n) is 7.36. The van der Waals surface area contributed by atoms with Crippen molar-refractivity contribution in [3.63, 3.8) is 0 Å². The van der Waals surface area contributed by atoms with Gasteiger partial charge in [-0.2, -0.15) is 5.10 Å². The minimum Gasteiger partial charge on any atom is -0.364 e. The number of carbonyl (C=O) groups is 1. The van der Waals surface area contributed by atoms with Gasteiger partial charge in [0.05, 0.1) is 5.39 Å². The van der Waals surface area contributed by atoms with Crippen LogP contribution in [-0.4, -0.2) is 20.7 Å². The van der Waals surface area contributed by atoms with E-state index in [2.05, 4.69) is 26.0 Å². The Morgan fingerprint density at radius 3 is 3.00 bits per heavy atom. The molecule has 0 saturated heterocycles. The molecule has 0 bridgehead atoms. The maximum atomic E-state index is 11.0. The number of carbonyl (C=O) groups excluding carboxylic acids is 1. The van der Waals surface area contributed by atoms with E-state index in [1.807, 2.05) is 0 Å². The van der Waals surface area contributed by atoms with Crippen LogP contribution in [0.2, 0.25) is 0 Å². The molecule has 0 aromatic carbocycles. The number of hydrogen-bond acceptors (Lipinski definition) is 3. The first-order chi connectivity index (χ1) is 6.59. The van der Waals surface area contributed by atoms with E-state index in [4.69, 9.17) is 5.73 Å². The lowest BCUT2D eigenvalue weighted by atomic mass is 10.2. The van der Waals surface area contributed by atoms with Crippen molar-refractivity contribution < 1.29 is 4.79 Å². The average Bonchev–Trinajstić information content (AvgIpc) is 2.43. The molecular formula is C8H7BrN4O. The van der Waals surface area contributed by atoms with Crippen LogP contribution in [0.1, 0.15) is 10.5 Å². The molecule has 0 atom stereocenters. The highest BCUT2D eigenvalue weighted by Gasteiger charge is 2.13. The maximum absolute atomic E-state index is 11.0. The van der Waals surface area contributed by atoms with Gasteiger partial charge in [0.15, 0.2) is 11.3 Å². The monoisotopic (exact) mass is 254 g/mol. The van der Waals surface area contributed by atoms with Gasteiger partial charge in [-0.05, 0) is 22.0 Å². The summed E-state index contributed by atoms with van der Waals surface area (Å²) in [7, 11) is 1.72. The Kier molecular flexibility index (Phi) is 1.99. The Bertz CT molecular complexity index is 519. The van der Waals surface area contributed by atoms with Gasteiger partial charge in [0.2, 0.25) is 0 Å². The summed E-state index contributed by atoms with van der Waals surface area (Å²) in [6, 6.07) is 1.77. The molecule has 0 aliphatic rings. The van der Waals surface area contributed by atoms with Gasteiger partial charge in [0.25, 0.3) is 5.91 Å². The third-order valence-electron chi connectivity index (χ3n) is 1.88. The summed E-state index contributed by atoms with van der Waals surface area (Å²) < 4.78 is 2.32. The van der Waals surface area contributed by atoms with E-state index in [1.165, 1.54) is 4.68 Å². The molecule has 6 heteroatoms. The van der Waals surface area contributed by atoms with Crippen LogP contribution >= 0.6 is 15.9 Å². The highest BCUT2D eigenvalue weighted by atomic mass is 79.9. The van der Waals surface area contributed by atoms with E-state index in [0.717, 1.165) is 4.47 Å². The van der Waals surface area contributed by atoms with Crippen LogP contribution in [-0.2, 0) is 7.05 Å². The van der Waals surface area contributed by atoms with E-state index in [1.54, 1.807) is 19.3 Å². The SMILES string of the molecule is Cn1nc(C(N)=O)c2cc(Br)cnc21. The van der Waals surface area contributed by atoms with Gasteiger partial charge in [0.1, 0.15) is 0 Å². The lowest BCUT2D eigenvalue weighted by Gasteiger charge is -1.92. The van der Waals surface area contributed by atoms with E-state index >= 15 is 0 Å². The van der Waals surface area contributed by atoms with Gasteiger partial charge in [-0.1, -0.05) is 0 Å². The largest absolute Gasteiger partial charge is 0.364 e. The summed E-state index contributed by atoms with van der Waals surface area (Å²) in [6.07, 6.45) is 1.65. The second-order valence-corrected chi connectivity index (χ2v) is 3.78. The van der Waals surface area contributed by atoms with Crippen molar-refractivity contribution in [2.45, 2.75) is 0 Å². The van der Waals surface area contributed by atoms with E-state index in [0.29, 0.717) is 11.0 Å². The number of halogens is 1. The fourth-order valence-corrected chi connectivity index (χ4v) is 1.63. The normalized spacial score (nSPS) is 10.7. The Morgan fingerprint density at radius 2 is 2.36 bits per heavy atom.